The van der Waals surface area contributed by atoms with Gasteiger partial charge in [-0.1, -0.05) is 81.5 Å². The van der Waals surface area contributed by atoms with Gasteiger partial charge in [-0.2, -0.15) is 0 Å². The fourth-order valence-electron chi connectivity index (χ4n) is 2.91. The average molecular weight is 351 g/mol. The van der Waals surface area contributed by atoms with Crippen molar-refractivity contribution in [3.63, 3.8) is 0 Å². The van der Waals surface area contributed by atoms with Gasteiger partial charge in [-0.25, -0.2) is 0 Å². The molecule has 0 radical (unpaired) electrons. The van der Waals surface area contributed by atoms with Crippen molar-refractivity contribution in [1.82, 2.24) is 5.32 Å². The van der Waals surface area contributed by atoms with E-state index in [-0.39, 0.29) is 5.91 Å². The van der Waals surface area contributed by atoms with E-state index in [2.05, 4.69) is 12.2 Å². The van der Waals surface area contributed by atoms with Gasteiger partial charge in [-0.05, 0) is 35.3 Å². The normalized spacial score (nSPS) is 11.3. The molecule has 2 aromatic rings. The van der Waals surface area contributed by atoms with Crippen molar-refractivity contribution in [3.05, 3.63) is 71.8 Å². The zero-order valence-corrected chi connectivity index (χ0v) is 15.7. The number of nitrogen functional groups attached to an aromatic ring is 1. The lowest BCUT2D eigenvalue weighted by molar-refractivity contribution is -0.116. The average Bonchev–Trinajstić information content (AvgIpc) is 2.67. The predicted octanol–water partition coefficient (Wildman–Crippen LogP) is 5.18. The summed E-state index contributed by atoms with van der Waals surface area (Å²) in [5.74, 6) is -0.0470. The topological polar surface area (TPSA) is 55.1 Å². The second kappa shape index (κ2) is 11.1. The molecule has 0 aromatic heterocycles. The Balaban J connectivity index is 1.99. The number of nitrogens with one attached hydrogen (secondary N) is 1. The van der Waals surface area contributed by atoms with Gasteiger partial charge >= 0.3 is 0 Å². The Kier molecular flexibility index (Phi) is 8.47. The molecule has 0 atom stereocenters. The van der Waals surface area contributed by atoms with Gasteiger partial charge in [0.25, 0.3) is 0 Å². The largest absolute Gasteiger partial charge is 0.399 e. The summed E-state index contributed by atoms with van der Waals surface area (Å²) in [7, 11) is 0. The minimum absolute atomic E-state index is 0.0470. The molecule has 0 spiro atoms. The summed E-state index contributed by atoms with van der Waals surface area (Å²) < 4.78 is 0. The highest BCUT2D eigenvalue weighted by Crippen LogP contribution is 2.24. The summed E-state index contributed by atoms with van der Waals surface area (Å²) in [4.78, 5) is 12.4. The monoisotopic (exact) mass is 350 g/mol. The minimum atomic E-state index is -0.0470. The third-order valence-electron chi connectivity index (χ3n) is 4.41. The van der Waals surface area contributed by atoms with Gasteiger partial charge in [0.15, 0.2) is 0 Å². The molecule has 26 heavy (non-hydrogen) atoms. The molecule has 1 amide bonds. The van der Waals surface area contributed by atoms with E-state index >= 15 is 0 Å². The summed E-state index contributed by atoms with van der Waals surface area (Å²) in [6.07, 6.45) is 9.00. The van der Waals surface area contributed by atoms with Crippen molar-refractivity contribution in [3.8, 4) is 0 Å². The maximum absolute atomic E-state index is 12.4. The van der Waals surface area contributed by atoms with Crippen LogP contribution in [0.3, 0.4) is 0 Å². The first-order valence-electron chi connectivity index (χ1n) is 9.61. The van der Waals surface area contributed by atoms with E-state index in [0.717, 1.165) is 29.7 Å². The summed E-state index contributed by atoms with van der Waals surface area (Å²) in [5.41, 5.74) is 9.42. The van der Waals surface area contributed by atoms with Crippen LogP contribution >= 0.6 is 0 Å². The molecule has 0 aliphatic heterocycles. The molecule has 0 bridgehead atoms. The number of benzene rings is 2. The maximum atomic E-state index is 12.4. The Morgan fingerprint density at radius 3 is 2.19 bits per heavy atom. The van der Waals surface area contributed by atoms with Crippen LogP contribution in [0.1, 0.15) is 56.6 Å². The van der Waals surface area contributed by atoms with E-state index in [4.69, 9.17) is 5.73 Å². The highest BCUT2D eigenvalue weighted by atomic mass is 16.1. The lowest BCUT2D eigenvalue weighted by atomic mass is 9.97. The number of anilines is 1. The van der Waals surface area contributed by atoms with E-state index in [9.17, 15) is 4.79 Å². The highest BCUT2D eigenvalue weighted by Gasteiger charge is 2.07. The fourth-order valence-corrected chi connectivity index (χ4v) is 2.91. The Morgan fingerprint density at radius 1 is 0.885 bits per heavy atom. The molecule has 0 saturated heterocycles. The smallest absolute Gasteiger partial charge is 0.244 e. The van der Waals surface area contributed by atoms with Crippen LogP contribution < -0.4 is 11.1 Å². The fraction of sp³-hybridized carbons (Fsp3) is 0.348. The van der Waals surface area contributed by atoms with Gasteiger partial charge < -0.3 is 11.1 Å². The first-order valence-corrected chi connectivity index (χ1v) is 9.61. The molecule has 0 fully saturated rings. The number of unbranched alkanes of at least 4 members (excludes halogenated alkanes) is 5. The molecule has 0 saturated carbocycles. The Hall–Kier alpha value is -2.55. The van der Waals surface area contributed by atoms with Crippen molar-refractivity contribution in [2.24, 2.45) is 0 Å². The van der Waals surface area contributed by atoms with Crippen LogP contribution in [0.25, 0.3) is 5.57 Å². The van der Waals surface area contributed by atoms with E-state index in [1.165, 1.54) is 32.1 Å². The minimum Gasteiger partial charge on any atom is -0.399 e. The summed E-state index contributed by atoms with van der Waals surface area (Å²) in [5, 5.41) is 3.01. The van der Waals surface area contributed by atoms with Crippen LogP contribution in [0.2, 0.25) is 0 Å². The predicted molar refractivity (Wildman–Crippen MR) is 111 cm³/mol. The lowest BCUT2D eigenvalue weighted by Crippen LogP contribution is -2.22. The molecule has 3 heteroatoms. The SMILES string of the molecule is CCCCCCCCNC(=O)/C=C(/c1ccccc1)c1ccc(N)cc1. The molecule has 2 aromatic carbocycles. The van der Waals surface area contributed by atoms with Crippen molar-refractivity contribution in [2.45, 2.75) is 45.4 Å². The summed E-state index contributed by atoms with van der Waals surface area (Å²) >= 11 is 0. The Bertz CT molecular complexity index is 690. The molecule has 0 unspecified atom stereocenters. The van der Waals surface area contributed by atoms with Gasteiger partial charge in [0.1, 0.15) is 0 Å². The molecule has 2 rings (SSSR count). The molecule has 0 aliphatic rings. The van der Waals surface area contributed by atoms with Crippen molar-refractivity contribution in [2.75, 3.05) is 12.3 Å². The van der Waals surface area contributed by atoms with Crippen molar-refractivity contribution >= 4 is 17.2 Å². The number of carbonyl (C=O) groups is 1. The third-order valence-corrected chi connectivity index (χ3v) is 4.41. The zero-order chi connectivity index (χ0) is 18.6. The maximum Gasteiger partial charge on any atom is 0.244 e. The van der Waals surface area contributed by atoms with E-state index in [1.54, 1.807) is 6.08 Å². The molecular formula is C23H30N2O. The molecule has 0 aliphatic carbocycles. The quantitative estimate of drug-likeness (QED) is 0.352. The highest BCUT2D eigenvalue weighted by molar-refractivity contribution is 5.99. The second-order valence-corrected chi connectivity index (χ2v) is 6.60. The molecule has 0 heterocycles. The summed E-state index contributed by atoms with van der Waals surface area (Å²) in [6, 6.07) is 17.6. The standard InChI is InChI=1S/C23H30N2O/c1-2-3-4-5-6-10-17-25-23(26)18-22(19-11-8-7-9-12-19)20-13-15-21(24)16-14-20/h7-9,11-16,18H,2-6,10,17,24H2,1H3,(H,25,26)/b22-18-. The van der Waals surface area contributed by atoms with Crippen molar-refractivity contribution < 1.29 is 4.79 Å². The number of carbonyl (C=O) groups excluding carboxylic acids is 1. The van der Waals surface area contributed by atoms with Crippen LogP contribution in [-0.4, -0.2) is 12.5 Å². The Labute approximate surface area is 157 Å². The van der Waals surface area contributed by atoms with Crippen LogP contribution in [0.5, 0.6) is 0 Å². The zero-order valence-electron chi connectivity index (χ0n) is 15.7. The number of nitrogens with two attached hydrogens (primary N) is 1. The van der Waals surface area contributed by atoms with Crippen LogP contribution in [-0.2, 0) is 4.79 Å². The summed E-state index contributed by atoms with van der Waals surface area (Å²) in [6.45, 7) is 2.95. The van der Waals surface area contributed by atoms with Gasteiger partial charge in [0, 0.05) is 18.3 Å². The van der Waals surface area contributed by atoms with Crippen LogP contribution in [0.4, 0.5) is 5.69 Å². The first-order chi connectivity index (χ1) is 12.7. The van der Waals surface area contributed by atoms with Gasteiger partial charge in [-0.3, -0.25) is 4.79 Å². The van der Waals surface area contributed by atoms with Gasteiger partial charge in [-0.15, -0.1) is 0 Å². The van der Waals surface area contributed by atoms with E-state index in [0.29, 0.717) is 5.69 Å². The van der Waals surface area contributed by atoms with Crippen LogP contribution in [0.15, 0.2) is 60.7 Å². The first kappa shape index (κ1) is 19.8. The molecule has 138 valence electrons. The van der Waals surface area contributed by atoms with Gasteiger partial charge in [0.05, 0.1) is 0 Å². The van der Waals surface area contributed by atoms with Crippen LogP contribution in [0, 0.1) is 0 Å². The van der Waals surface area contributed by atoms with E-state index < -0.39 is 0 Å². The third kappa shape index (κ3) is 6.75. The molecule has 3 nitrogen and oxygen atoms in total. The van der Waals surface area contributed by atoms with E-state index in [1.807, 2.05) is 54.6 Å². The van der Waals surface area contributed by atoms with Crippen molar-refractivity contribution in [1.29, 1.82) is 0 Å². The number of amides is 1. The number of hydrogen-bond acceptors (Lipinski definition) is 2. The molecule has 3 N–H and O–H groups in total. The van der Waals surface area contributed by atoms with Gasteiger partial charge in [0.2, 0.25) is 5.91 Å². The number of rotatable bonds is 10. The second-order valence-electron chi connectivity index (χ2n) is 6.60. The number of hydrogen-bond donors (Lipinski definition) is 2. The lowest BCUT2D eigenvalue weighted by Gasteiger charge is -2.10. The molecular weight excluding hydrogens is 320 g/mol. The Morgan fingerprint density at radius 2 is 1.50 bits per heavy atom.